The van der Waals surface area contributed by atoms with E-state index in [9.17, 15) is 9.90 Å². The molecular formula is C23H23NO5. The van der Waals surface area contributed by atoms with E-state index in [1.165, 1.54) is 11.6 Å². The first-order valence-electron chi connectivity index (χ1n) is 10.1. The fourth-order valence-corrected chi connectivity index (χ4v) is 4.35. The number of aromatic hydroxyl groups is 1. The standard InChI is InChI=1S/C23H23NO5/c25-17-5-6-18-16(12-23(26)29-21(18)13-17)14-24-8-1-3-19(24)15-4-7-20-22(11-15)28-10-2-9-27-20/h4-7,11-13,19,25H,1-3,8-10,14H2/t19-/m0/s1. The van der Waals surface area contributed by atoms with Crippen molar-refractivity contribution in [1.82, 2.24) is 4.90 Å². The molecule has 1 N–H and O–H groups in total. The summed E-state index contributed by atoms with van der Waals surface area (Å²) in [6, 6.07) is 13.0. The predicted molar refractivity (Wildman–Crippen MR) is 109 cm³/mol. The van der Waals surface area contributed by atoms with Gasteiger partial charge in [-0.2, -0.15) is 0 Å². The summed E-state index contributed by atoms with van der Waals surface area (Å²) in [5.41, 5.74) is 2.14. The topological polar surface area (TPSA) is 72.1 Å². The van der Waals surface area contributed by atoms with Crippen molar-refractivity contribution >= 4 is 11.0 Å². The first-order chi connectivity index (χ1) is 14.2. The van der Waals surface area contributed by atoms with Crippen molar-refractivity contribution < 1.29 is 19.0 Å². The summed E-state index contributed by atoms with van der Waals surface area (Å²) in [7, 11) is 0. The highest BCUT2D eigenvalue weighted by atomic mass is 16.5. The summed E-state index contributed by atoms with van der Waals surface area (Å²) >= 11 is 0. The lowest BCUT2D eigenvalue weighted by Crippen LogP contribution is -2.23. The number of phenols is 1. The maximum Gasteiger partial charge on any atom is 0.336 e. The van der Waals surface area contributed by atoms with Crippen molar-refractivity contribution in [2.24, 2.45) is 0 Å². The molecule has 1 aromatic heterocycles. The number of rotatable bonds is 3. The third kappa shape index (κ3) is 3.56. The normalized spacial score (nSPS) is 19.4. The molecule has 2 aromatic carbocycles. The molecule has 6 heteroatoms. The lowest BCUT2D eigenvalue weighted by Gasteiger charge is -2.26. The average molecular weight is 393 g/mol. The van der Waals surface area contributed by atoms with Crippen molar-refractivity contribution in [3.8, 4) is 17.2 Å². The Morgan fingerprint density at radius 3 is 2.76 bits per heavy atom. The SMILES string of the molecule is O=c1cc(CN2CCC[C@H]2c2ccc3c(c2)OCCCO3)c2ccc(O)cc2o1. The number of hydrogen-bond acceptors (Lipinski definition) is 6. The molecule has 1 atom stereocenters. The third-order valence-corrected chi connectivity index (χ3v) is 5.71. The van der Waals surface area contributed by atoms with Gasteiger partial charge in [0.05, 0.1) is 13.2 Å². The summed E-state index contributed by atoms with van der Waals surface area (Å²) in [6.07, 6.45) is 3.04. The van der Waals surface area contributed by atoms with Crippen LogP contribution in [-0.2, 0) is 6.54 Å². The van der Waals surface area contributed by atoms with E-state index in [0.717, 1.165) is 48.3 Å². The molecule has 2 aliphatic rings. The molecule has 5 rings (SSSR count). The van der Waals surface area contributed by atoms with Gasteiger partial charge in [0.15, 0.2) is 11.5 Å². The fourth-order valence-electron chi connectivity index (χ4n) is 4.35. The minimum absolute atomic E-state index is 0.0871. The zero-order valence-corrected chi connectivity index (χ0v) is 16.1. The molecule has 0 unspecified atom stereocenters. The van der Waals surface area contributed by atoms with E-state index in [2.05, 4.69) is 17.0 Å². The largest absolute Gasteiger partial charge is 0.508 e. The Bertz CT molecular complexity index is 1110. The molecule has 0 amide bonds. The van der Waals surface area contributed by atoms with E-state index in [0.29, 0.717) is 25.3 Å². The maximum atomic E-state index is 12.0. The summed E-state index contributed by atoms with van der Waals surface area (Å²) in [5, 5.41) is 10.6. The molecule has 1 saturated heterocycles. The molecule has 0 aliphatic carbocycles. The summed E-state index contributed by atoms with van der Waals surface area (Å²) in [6.45, 7) is 2.95. The van der Waals surface area contributed by atoms with Gasteiger partial charge in [-0.1, -0.05) is 6.07 Å². The molecule has 0 spiro atoms. The maximum absolute atomic E-state index is 12.0. The van der Waals surface area contributed by atoms with E-state index < -0.39 is 5.63 Å². The van der Waals surface area contributed by atoms with Crippen LogP contribution in [0.25, 0.3) is 11.0 Å². The van der Waals surface area contributed by atoms with Gasteiger partial charge in [-0.25, -0.2) is 4.79 Å². The predicted octanol–water partition coefficient (Wildman–Crippen LogP) is 4.00. The van der Waals surface area contributed by atoms with Crippen LogP contribution in [0.1, 0.15) is 36.4 Å². The zero-order valence-electron chi connectivity index (χ0n) is 16.1. The Hall–Kier alpha value is -2.99. The van der Waals surface area contributed by atoms with Crippen LogP contribution in [0.4, 0.5) is 0 Å². The van der Waals surface area contributed by atoms with Crippen LogP contribution in [0.5, 0.6) is 17.2 Å². The molecule has 1 fully saturated rings. The van der Waals surface area contributed by atoms with E-state index in [1.54, 1.807) is 12.1 Å². The van der Waals surface area contributed by atoms with Crippen molar-refractivity contribution in [2.45, 2.75) is 31.8 Å². The van der Waals surface area contributed by atoms with Gasteiger partial charge < -0.3 is 19.0 Å². The minimum atomic E-state index is -0.399. The number of likely N-dealkylation sites (tertiary alicyclic amines) is 1. The van der Waals surface area contributed by atoms with Crippen LogP contribution < -0.4 is 15.1 Å². The molecular weight excluding hydrogens is 370 g/mol. The van der Waals surface area contributed by atoms with Gasteiger partial charge in [-0.3, -0.25) is 4.90 Å². The number of hydrogen-bond donors (Lipinski definition) is 1. The summed E-state index contributed by atoms with van der Waals surface area (Å²) < 4.78 is 16.9. The number of ether oxygens (including phenoxy) is 2. The molecule has 0 saturated carbocycles. The first-order valence-corrected chi connectivity index (χ1v) is 10.1. The molecule has 150 valence electrons. The first kappa shape index (κ1) is 18.1. The van der Waals surface area contributed by atoms with Crippen molar-refractivity contribution in [2.75, 3.05) is 19.8 Å². The van der Waals surface area contributed by atoms with Crippen LogP contribution in [0.15, 0.2) is 51.7 Å². The van der Waals surface area contributed by atoms with Gasteiger partial charge in [-0.15, -0.1) is 0 Å². The Kier molecular flexibility index (Phi) is 4.64. The second-order valence-corrected chi connectivity index (χ2v) is 7.66. The van der Waals surface area contributed by atoms with E-state index in [-0.39, 0.29) is 11.8 Å². The fraction of sp³-hybridized carbons (Fsp3) is 0.348. The highest BCUT2D eigenvalue weighted by molar-refractivity contribution is 5.81. The highest BCUT2D eigenvalue weighted by Crippen LogP contribution is 2.39. The molecule has 29 heavy (non-hydrogen) atoms. The highest BCUT2D eigenvalue weighted by Gasteiger charge is 2.28. The Morgan fingerprint density at radius 1 is 1.00 bits per heavy atom. The Balaban J connectivity index is 1.46. The zero-order chi connectivity index (χ0) is 19.8. The lowest BCUT2D eigenvalue weighted by atomic mass is 10.0. The average Bonchev–Trinajstić information content (AvgIpc) is 3.03. The molecule has 3 aromatic rings. The van der Waals surface area contributed by atoms with E-state index in [1.807, 2.05) is 12.1 Å². The van der Waals surface area contributed by atoms with Crippen LogP contribution in [0, 0.1) is 0 Å². The van der Waals surface area contributed by atoms with Gasteiger partial charge in [0.1, 0.15) is 11.3 Å². The lowest BCUT2D eigenvalue weighted by molar-refractivity contribution is 0.248. The van der Waals surface area contributed by atoms with Crippen molar-refractivity contribution in [1.29, 1.82) is 0 Å². The van der Waals surface area contributed by atoms with Gasteiger partial charge >= 0.3 is 5.63 Å². The summed E-state index contributed by atoms with van der Waals surface area (Å²) in [4.78, 5) is 14.4. The van der Waals surface area contributed by atoms with E-state index >= 15 is 0 Å². The molecule has 2 aliphatic heterocycles. The van der Waals surface area contributed by atoms with Crippen LogP contribution in [0.3, 0.4) is 0 Å². The van der Waals surface area contributed by atoms with Crippen molar-refractivity contribution in [3.05, 3.63) is 64.0 Å². The second kappa shape index (κ2) is 7.44. The number of benzene rings is 2. The van der Waals surface area contributed by atoms with Crippen LogP contribution in [0.2, 0.25) is 0 Å². The Morgan fingerprint density at radius 2 is 1.86 bits per heavy atom. The molecule has 3 heterocycles. The molecule has 6 nitrogen and oxygen atoms in total. The minimum Gasteiger partial charge on any atom is -0.508 e. The van der Waals surface area contributed by atoms with Crippen LogP contribution >= 0.6 is 0 Å². The summed E-state index contributed by atoms with van der Waals surface area (Å²) in [5.74, 6) is 1.71. The van der Waals surface area contributed by atoms with Gasteiger partial charge in [0, 0.05) is 36.5 Å². The number of nitrogens with zero attached hydrogens (tertiary/aromatic N) is 1. The Labute approximate surface area is 168 Å². The third-order valence-electron chi connectivity index (χ3n) is 5.71. The van der Waals surface area contributed by atoms with Crippen molar-refractivity contribution in [3.63, 3.8) is 0 Å². The van der Waals surface area contributed by atoms with Gasteiger partial charge in [0.25, 0.3) is 0 Å². The van der Waals surface area contributed by atoms with E-state index in [4.69, 9.17) is 13.9 Å². The van der Waals surface area contributed by atoms with Crippen LogP contribution in [-0.4, -0.2) is 29.8 Å². The van der Waals surface area contributed by atoms with Gasteiger partial charge in [-0.05, 0) is 54.8 Å². The quantitative estimate of drug-likeness (QED) is 0.678. The monoisotopic (exact) mass is 393 g/mol. The number of phenolic OH excluding ortho intramolecular Hbond substituents is 1. The molecule has 0 radical (unpaired) electrons. The number of fused-ring (bicyclic) bond motifs is 2. The second-order valence-electron chi connectivity index (χ2n) is 7.66. The van der Waals surface area contributed by atoms with Gasteiger partial charge in [0.2, 0.25) is 0 Å². The molecule has 0 bridgehead atoms. The smallest absolute Gasteiger partial charge is 0.336 e.